The van der Waals surface area contributed by atoms with Crippen LogP contribution in [0.1, 0.15) is 31.2 Å². The Balaban J connectivity index is 1.48. The third kappa shape index (κ3) is 4.21. The number of carbonyl (C=O) groups is 1. The highest BCUT2D eigenvalue weighted by atomic mass is 32.2. The maximum absolute atomic E-state index is 12.5. The molecule has 1 saturated heterocycles. The van der Waals surface area contributed by atoms with Gasteiger partial charge in [0.05, 0.1) is 17.9 Å². The molecule has 1 aromatic rings. The molecule has 26 heavy (non-hydrogen) atoms. The molecule has 1 amide bonds. The van der Waals surface area contributed by atoms with E-state index in [0.717, 1.165) is 37.8 Å². The van der Waals surface area contributed by atoms with Gasteiger partial charge in [-0.3, -0.25) is 4.79 Å². The lowest BCUT2D eigenvalue weighted by molar-refractivity contribution is -0.161. The normalized spacial score (nSPS) is 22.2. The largest absolute Gasteiger partial charge is 0.353 e. The Morgan fingerprint density at radius 3 is 2.50 bits per heavy atom. The van der Waals surface area contributed by atoms with E-state index in [1.807, 2.05) is 0 Å². The van der Waals surface area contributed by atoms with Crippen LogP contribution < -0.4 is 5.32 Å². The molecule has 0 aromatic heterocycles. The van der Waals surface area contributed by atoms with Crippen molar-refractivity contribution in [3.63, 3.8) is 0 Å². The van der Waals surface area contributed by atoms with Crippen LogP contribution in [0.15, 0.2) is 29.2 Å². The van der Waals surface area contributed by atoms with Gasteiger partial charge < -0.3 is 14.8 Å². The summed E-state index contributed by atoms with van der Waals surface area (Å²) in [5.74, 6) is -4.19. The molecule has 1 spiro atoms. The third-order valence-corrected chi connectivity index (χ3v) is 6.06. The number of hydrogen-bond acceptors (Lipinski definition) is 5. The molecule has 1 aromatic carbocycles. The summed E-state index contributed by atoms with van der Waals surface area (Å²) < 4.78 is 59.4. The van der Waals surface area contributed by atoms with Gasteiger partial charge in [0.25, 0.3) is 0 Å². The van der Waals surface area contributed by atoms with E-state index in [-0.39, 0.29) is 18.4 Å². The number of sulfone groups is 1. The third-order valence-electron chi connectivity index (χ3n) is 4.66. The smallest absolute Gasteiger partial charge is 0.341 e. The topological polar surface area (TPSA) is 81.7 Å². The number of carbonyl (C=O) groups excluding carboxylic acids is 1. The first-order chi connectivity index (χ1) is 12.3. The molecule has 0 radical (unpaired) electrons. The van der Waals surface area contributed by atoms with E-state index in [9.17, 15) is 22.0 Å². The molecule has 3 rings (SSSR count). The van der Waals surface area contributed by atoms with Gasteiger partial charge in [-0.05, 0) is 30.5 Å². The second-order valence-corrected chi connectivity index (χ2v) is 8.52. The van der Waals surface area contributed by atoms with Crippen LogP contribution in [-0.4, -0.2) is 45.1 Å². The zero-order valence-electron chi connectivity index (χ0n) is 14.1. The number of alkyl halides is 2. The number of amides is 1. The zero-order chi connectivity index (χ0) is 18.8. The fraction of sp³-hybridized carbons (Fsp3) is 0.588. The minimum absolute atomic E-state index is 0.0216. The van der Waals surface area contributed by atoms with Crippen LogP contribution in [0.25, 0.3) is 0 Å². The summed E-state index contributed by atoms with van der Waals surface area (Å²) in [5, 5.41) is 2.76. The standard InChI is InChI=1S/C17H21F2NO5S/c18-16(19)26(22,23)14-5-3-12(4-6-14)9-15(21)20-10-13-11-24-17(25-13)7-1-2-8-17/h3-6,13,16H,1-2,7-11H2,(H,20,21). The molecule has 1 saturated carbocycles. The van der Waals surface area contributed by atoms with Crippen molar-refractivity contribution in [1.82, 2.24) is 5.32 Å². The molecule has 0 bridgehead atoms. The van der Waals surface area contributed by atoms with Gasteiger partial charge in [0, 0.05) is 19.4 Å². The average Bonchev–Trinajstić information content (AvgIpc) is 3.23. The first-order valence-corrected chi connectivity index (χ1v) is 10.0. The van der Waals surface area contributed by atoms with E-state index in [4.69, 9.17) is 9.47 Å². The average molecular weight is 389 g/mol. The minimum Gasteiger partial charge on any atom is -0.353 e. The van der Waals surface area contributed by atoms with Gasteiger partial charge in [0.15, 0.2) is 5.79 Å². The summed E-state index contributed by atoms with van der Waals surface area (Å²) in [6.07, 6.45) is 3.76. The molecule has 144 valence electrons. The maximum Gasteiger partial charge on any atom is 0.341 e. The Morgan fingerprint density at radius 1 is 1.23 bits per heavy atom. The number of halogens is 2. The van der Waals surface area contributed by atoms with Crippen molar-refractivity contribution in [1.29, 1.82) is 0 Å². The molecule has 1 N–H and O–H groups in total. The van der Waals surface area contributed by atoms with Gasteiger partial charge in [-0.1, -0.05) is 12.1 Å². The van der Waals surface area contributed by atoms with Crippen LogP contribution in [0, 0.1) is 0 Å². The summed E-state index contributed by atoms with van der Waals surface area (Å²) in [4.78, 5) is 11.6. The number of rotatable bonds is 6. The highest BCUT2D eigenvalue weighted by Crippen LogP contribution is 2.38. The Bertz CT molecular complexity index is 745. The van der Waals surface area contributed by atoms with Crippen LogP contribution in [-0.2, 0) is 30.5 Å². The molecule has 2 aliphatic rings. The predicted molar refractivity (Wildman–Crippen MR) is 88.4 cm³/mol. The fourth-order valence-corrected chi connectivity index (χ4v) is 3.99. The van der Waals surface area contributed by atoms with Crippen molar-refractivity contribution < 1.29 is 31.5 Å². The quantitative estimate of drug-likeness (QED) is 0.805. The fourth-order valence-electron chi connectivity index (χ4n) is 3.27. The molecular weight excluding hydrogens is 368 g/mol. The molecule has 6 nitrogen and oxygen atoms in total. The van der Waals surface area contributed by atoms with Gasteiger partial charge in [0.1, 0.15) is 6.10 Å². The lowest BCUT2D eigenvalue weighted by Gasteiger charge is -2.21. The molecule has 9 heteroatoms. The SMILES string of the molecule is O=C(Cc1ccc(S(=O)(=O)C(F)F)cc1)NCC1COC2(CCCC2)O1. The number of benzene rings is 1. The summed E-state index contributed by atoms with van der Waals surface area (Å²) in [6, 6.07) is 4.89. The van der Waals surface area contributed by atoms with Crippen LogP contribution in [0.3, 0.4) is 0 Å². The highest BCUT2D eigenvalue weighted by Gasteiger charge is 2.43. The van der Waals surface area contributed by atoms with Crippen molar-refractivity contribution in [3.05, 3.63) is 29.8 Å². The van der Waals surface area contributed by atoms with Crippen LogP contribution in [0.2, 0.25) is 0 Å². The van der Waals surface area contributed by atoms with E-state index in [2.05, 4.69) is 5.32 Å². The van der Waals surface area contributed by atoms with Gasteiger partial charge in [-0.2, -0.15) is 8.78 Å². The summed E-state index contributed by atoms with van der Waals surface area (Å²) in [7, 11) is -4.62. The van der Waals surface area contributed by atoms with Crippen LogP contribution >= 0.6 is 0 Å². The number of nitrogens with one attached hydrogen (secondary N) is 1. The lowest BCUT2D eigenvalue weighted by Crippen LogP contribution is -2.35. The maximum atomic E-state index is 12.5. The van der Waals surface area contributed by atoms with Crippen molar-refractivity contribution in [2.45, 2.75) is 54.6 Å². The Hall–Kier alpha value is -1.58. The molecule has 2 fully saturated rings. The number of ether oxygens (including phenoxy) is 2. The van der Waals surface area contributed by atoms with Crippen molar-refractivity contribution in [2.24, 2.45) is 0 Å². The highest BCUT2D eigenvalue weighted by molar-refractivity contribution is 7.91. The first-order valence-electron chi connectivity index (χ1n) is 8.50. The van der Waals surface area contributed by atoms with Crippen LogP contribution in [0.4, 0.5) is 8.78 Å². The second-order valence-electron chi connectivity index (χ2n) is 6.60. The van der Waals surface area contributed by atoms with Crippen molar-refractivity contribution >= 4 is 15.7 Å². The number of hydrogen-bond donors (Lipinski definition) is 1. The monoisotopic (exact) mass is 389 g/mol. The summed E-state index contributed by atoms with van der Waals surface area (Å²) in [6.45, 7) is 0.777. The summed E-state index contributed by atoms with van der Waals surface area (Å²) in [5.41, 5.74) is 0.534. The van der Waals surface area contributed by atoms with Crippen molar-refractivity contribution in [3.8, 4) is 0 Å². The molecule has 1 heterocycles. The predicted octanol–water partition coefficient (Wildman–Crippen LogP) is 2.03. The molecule has 1 aliphatic heterocycles. The summed E-state index contributed by atoms with van der Waals surface area (Å²) >= 11 is 0. The van der Waals surface area contributed by atoms with E-state index in [0.29, 0.717) is 18.7 Å². The second kappa shape index (κ2) is 7.58. The molecular formula is C17H21F2NO5S. The van der Waals surface area contributed by atoms with Gasteiger partial charge in [0.2, 0.25) is 15.7 Å². The van der Waals surface area contributed by atoms with E-state index in [1.54, 1.807) is 0 Å². The molecule has 1 aliphatic carbocycles. The Morgan fingerprint density at radius 2 is 1.88 bits per heavy atom. The Labute approximate surface area is 150 Å². The van der Waals surface area contributed by atoms with Gasteiger partial charge in [-0.15, -0.1) is 0 Å². The lowest BCUT2D eigenvalue weighted by atomic mass is 10.1. The Kier molecular flexibility index (Phi) is 5.59. The van der Waals surface area contributed by atoms with E-state index >= 15 is 0 Å². The first kappa shape index (κ1) is 19.2. The minimum atomic E-state index is -4.62. The van der Waals surface area contributed by atoms with E-state index < -0.39 is 26.3 Å². The zero-order valence-corrected chi connectivity index (χ0v) is 14.9. The van der Waals surface area contributed by atoms with Gasteiger partial charge >= 0.3 is 5.76 Å². The molecule has 1 unspecified atom stereocenters. The van der Waals surface area contributed by atoms with E-state index in [1.165, 1.54) is 12.1 Å². The molecule has 1 atom stereocenters. The van der Waals surface area contributed by atoms with Crippen LogP contribution in [0.5, 0.6) is 0 Å². The van der Waals surface area contributed by atoms with Gasteiger partial charge in [-0.25, -0.2) is 8.42 Å². The van der Waals surface area contributed by atoms with Crippen molar-refractivity contribution in [2.75, 3.05) is 13.2 Å².